The highest BCUT2D eigenvalue weighted by molar-refractivity contribution is 5.85. The van der Waals surface area contributed by atoms with Crippen LogP contribution in [0.25, 0.3) is 0 Å². The van der Waals surface area contributed by atoms with Gasteiger partial charge in [0, 0.05) is 12.5 Å². The third kappa shape index (κ3) is 6.53. The summed E-state index contributed by atoms with van der Waals surface area (Å²) < 4.78 is 21.0. The lowest BCUT2D eigenvalue weighted by Gasteiger charge is -2.13. The Morgan fingerprint density at radius 2 is 1.69 bits per heavy atom. The van der Waals surface area contributed by atoms with Gasteiger partial charge in [0.05, 0.1) is 20.4 Å². The predicted molar refractivity (Wildman–Crippen MR) is 108 cm³/mol. The van der Waals surface area contributed by atoms with Gasteiger partial charge in [-0.05, 0) is 36.2 Å². The van der Waals surface area contributed by atoms with E-state index in [4.69, 9.17) is 18.9 Å². The van der Waals surface area contributed by atoms with Crippen molar-refractivity contribution < 1.29 is 28.5 Å². The maximum atomic E-state index is 11.9. The van der Waals surface area contributed by atoms with Crippen LogP contribution in [0.3, 0.4) is 0 Å². The molecule has 0 aliphatic heterocycles. The number of benzene rings is 2. The van der Waals surface area contributed by atoms with Crippen LogP contribution < -0.4 is 24.4 Å². The first kappa shape index (κ1) is 21.7. The summed E-state index contributed by atoms with van der Waals surface area (Å²) in [6, 6.07) is 10.7. The molecule has 0 fully saturated rings. The van der Waals surface area contributed by atoms with Crippen molar-refractivity contribution in [1.29, 1.82) is 0 Å². The number of nitrogens with zero attached hydrogens (tertiary/aromatic N) is 1. The van der Waals surface area contributed by atoms with Gasteiger partial charge in [0.1, 0.15) is 5.75 Å². The summed E-state index contributed by atoms with van der Waals surface area (Å²) in [6.45, 7) is 3.18. The van der Waals surface area contributed by atoms with Crippen LogP contribution in [0.2, 0.25) is 0 Å². The van der Waals surface area contributed by atoms with Crippen molar-refractivity contribution in [1.82, 2.24) is 5.43 Å². The van der Waals surface area contributed by atoms with Gasteiger partial charge in [0.2, 0.25) is 5.75 Å². The number of esters is 1. The summed E-state index contributed by atoms with van der Waals surface area (Å²) in [7, 11) is 2.88. The van der Waals surface area contributed by atoms with Crippen molar-refractivity contribution in [2.75, 3.05) is 20.8 Å². The van der Waals surface area contributed by atoms with Crippen molar-refractivity contribution in [3.05, 3.63) is 47.5 Å². The Morgan fingerprint density at radius 3 is 2.21 bits per heavy atom. The molecule has 0 heterocycles. The van der Waals surface area contributed by atoms with Gasteiger partial charge in [-0.2, -0.15) is 5.10 Å². The average Bonchev–Trinajstić information content (AvgIpc) is 2.72. The number of hydrazone groups is 1. The number of hydrogen-bond donors (Lipinski definition) is 1. The predicted octanol–water partition coefficient (Wildman–Crippen LogP) is 2.72. The Kier molecular flexibility index (Phi) is 8.02. The van der Waals surface area contributed by atoms with Gasteiger partial charge in [-0.15, -0.1) is 0 Å². The Hall–Kier alpha value is -3.55. The van der Waals surface area contributed by atoms with E-state index in [-0.39, 0.29) is 12.4 Å². The summed E-state index contributed by atoms with van der Waals surface area (Å²) in [5, 5.41) is 3.90. The Balaban J connectivity index is 1.97. The summed E-state index contributed by atoms with van der Waals surface area (Å²) in [6.07, 6.45) is 2.35. The van der Waals surface area contributed by atoms with E-state index in [9.17, 15) is 9.59 Å². The number of methoxy groups -OCH3 is 2. The Labute approximate surface area is 169 Å². The number of aryl methyl sites for hydroxylation is 1. The first-order chi connectivity index (χ1) is 14.0. The number of nitrogens with one attached hydrogen (secondary N) is 1. The van der Waals surface area contributed by atoms with Crippen LogP contribution in [0.5, 0.6) is 23.0 Å². The maximum absolute atomic E-state index is 11.9. The van der Waals surface area contributed by atoms with Crippen LogP contribution in [0.15, 0.2) is 41.5 Å². The van der Waals surface area contributed by atoms with Gasteiger partial charge in [-0.3, -0.25) is 9.59 Å². The minimum absolute atomic E-state index is 0.166. The van der Waals surface area contributed by atoms with E-state index >= 15 is 0 Å². The molecule has 0 bridgehead atoms. The van der Waals surface area contributed by atoms with E-state index in [1.165, 1.54) is 32.9 Å². The van der Waals surface area contributed by atoms with Gasteiger partial charge in [-0.1, -0.05) is 19.1 Å². The number of amides is 1. The van der Waals surface area contributed by atoms with Gasteiger partial charge in [0.25, 0.3) is 5.91 Å². The fourth-order valence-electron chi connectivity index (χ4n) is 2.40. The zero-order chi connectivity index (χ0) is 21.2. The fraction of sp³-hybridized carbons (Fsp3) is 0.286. The maximum Gasteiger partial charge on any atom is 0.308 e. The molecule has 2 rings (SSSR count). The Bertz CT molecular complexity index is 852. The zero-order valence-electron chi connectivity index (χ0n) is 16.9. The molecule has 0 saturated carbocycles. The van der Waals surface area contributed by atoms with Crippen molar-refractivity contribution in [3.8, 4) is 23.0 Å². The minimum Gasteiger partial charge on any atom is -0.493 e. The molecule has 0 unspecified atom stereocenters. The second-order valence-electron chi connectivity index (χ2n) is 5.93. The van der Waals surface area contributed by atoms with Crippen LogP contribution in [-0.2, 0) is 16.0 Å². The van der Waals surface area contributed by atoms with Crippen molar-refractivity contribution in [2.45, 2.75) is 20.3 Å². The molecule has 1 N–H and O–H groups in total. The molecule has 8 heteroatoms. The lowest BCUT2D eigenvalue weighted by Crippen LogP contribution is -2.24. The lowest BCUT2D eigenvalue weighted by molar-refractivity contribution is -0.132. The van der Waals surface area contributed by atoms with Gasteiger partial charge >= 0.3 is 5.97 Å². The van der Waals surface area contributed by atoms with Crippen molar-refractivity contribution in [3.63, 3.8) is 0 Å². The molecule has 0 aliphatic carbocycles. The second kappa shape index (κ2) is 10.7. The van der Waals surface area contributed by atoms with Gasteiger partial charge in [-0.25, -0.2) is 5.43 Å². The summed E-state index contributed by atoms with van der Waals surface area (Å²) in [5.41, 5.74) is 4.15. The zero-order valence-corrected chi connectivity index (χ0v) is 16.9. The summed E-state index contributed by atoms with van der Waals surface area (Å²) >= 11 is 0. The first-order valence-corrected chi connectivity index (χ1v) is 8.94. The lowest BCUT2D eigenvalue weighted by atomic mass is 10.2. The van der Waals surface area contributed by atoms with Gasteiger partial charge < -0.3 is 18.9 Å². The monoisotopic (exact) mass is 400 g/mol. The molecule has 0 radical (unpaired) electrons. The first-order valence-electron chi connectivity index (χ1n) is 8.94. The third-order valence-electron chi connectivity index (χ3n) is 3.83. The molecule has 0 aliphatic rings. The molecule has 2 aromatic carbocycles. The standard InChI is InChI=1S/C21H24N2O6/c1-5-15-6-8-17(9-7-15)28-13-20(25)23-22-12-16-10-18(26-3)21(29-14(2)24)19(11-16)27-4/h6-12H,5,13H2,1-4H3,(H,23,25)/b22-12+. The quantitative estimate of drug-likeness (QED) is 0.301. The van der Waals surface area contributed by atoms with Crippen molar-refractivity contribution >= 4 is 18.1 Å². The SMILES string of the molecule is CCc1ccc(OCC(=O)N/N=C/c2cc(OC)c(OC(C)=O)c(OC)c2)cc1. The molecule has 8 nitrogen and oxygen atoms in total. The van der Waals surface area contributed by atoms with Gasteiger partial charge in [0.15, 0.2) is 18.1 Å². The van der Waals surface area contributed by atoms with Crippen LogP contribution in [-0.4, -0.2) is 38.9 Å². The molecule has 0 aromatic heterocycles. The Morgan fingerprint density at radius 1 is 1.07 bits per heavy atom. The number of carbonyl (C=O) groups is 2. The third-order valence-corrected chi connectivity index (χ3v) is 3.83. The molecule has 0 atom stereocenters. The topological polar surface area (TPSA) is 95.5 Å². The van der Waals surface area contributed by atoms with Crippen LogP contribution >= 0.6 is 0 Å². The van der Waals surface area contributed by atoms with E-state index in [0.717, 1.165) is 6.42 Å². The minimum atomic E-state index is -0.500. The smallest absolute Gasteiger partial charge is 0.308 e. The number of carbonyl (C=O) groups excluding carboxylic acids is 2. The second-order valence-corrected chi connectivity index (χ2v) is 5.93. The normalized spacial score (nSPS) is 10.5. The van der Waals surface area contributed by atoms with E-state index in [1.807, 2.05) is 24.3 Å². The van der Waals surface area contributed by atoms with E-state index in [1.54, 1.807) is 12.1 Å². The highest BCUT2D eigenvalue weighted by Gasteiger charge is 2.15. The largest absolute Gasteiger partial charge is 0.493 e. The summed E-state index contributed by atoms with van der Waals surface area (Å²) in [4.78, 5) is 23.2. The highest BCUT2D eigenvalue weighted by atomic mass is 16.6. The highest BCUT2D eigenvalue weighted by Crippen LogP contribution is 2.38. The van der Waals surface area contributed by atoms with E-state index in [2.05, 4.69) is 17.5 Å². The molecule has 1 amide bonds. The number of rotatable bonds is 9. The number of hydrogen-bond acceptors (Lipinski definition) is 7. The van der Waals surface area contributed by atoms with Crippen LogP contribution in [0.4, 0.5) is 0 Å². The molecular formula is C21H24N2O6. The molecule has 0 saturated heterocycles. The average molecular weight is 400 g/mol. The van der Waals surface area contributed by atoms with Crippen LogP contribution in [0.1, 0.15) is 25.0 Å². The fourth-order valence-corrected chi connectivity index (χ4v) is 2.40. The molecule has 154 valence electrons. The summed E-state index contributed by atoms with van der Waals surface area (Å²) in [5.74, 6) is 0.469. The molecule has 2 aromatic rings. The molecular weight excluding hydrogens is 376 g/mol. The van der Waals surface area contributed by atoms with E-state index < -0.39 is 11.9 Å². The number of ether oxygens (including phenoxy) is 4. The van der Waals surface area contributed by atoms with Crippen LogP contribution in [0, 0.1) is 0 Å². The van der Waals surface area contributed by atoms with Crippen molar-refractivity contribution in [2.24, 2.45) is 5.10 Å². The molecule has 0 spiro atoms. The molecule has 29 heavy (non-hydrogen) atoms. The van der Waals surface area contributed by atoms with E-state index in [0.29, 0.717) is 22.8 Å².